The lowest BCUT2D eigenvalue weighted by atomic mass is 10.0. The molecule has 3 N–H and O–H groups in total. The Morgan fingerprint density at radius 1 is 1.35 bits per heavy atom. The van der Waals surface area contributed by atoms with E-state index in [4.69, 9.17) is 17.3 Å². The lowest BCUT2D eigenvalue weighted by molar-refractivity contribution is 0.398. The van der Waals surface area contributed by atoms with Gasteiger partial charge in [-0.05, 0) is 31.0 Å². The first-order valence-electron chi connectivity index (χ1n) is 6.08. The summed E-state index contributed by atoms with van der Waals surface area (Å²) in [6.45, 7) is 0.210. The second-order valence-electron chi connectivity index (χ2n) is 4.87. The minimum Gasteiger partial charge on any atom is -0.329 e. The van der Waals surface area contributed by atoms with Crippen LogP contribution in [0.5, 0.6) is 0 Å². The van der Waals surface area contributed by atoms with Gasteiger partial charge in [0.25, 0.3) is 0 Å². The molecule has 4 nitrogen and oxygen atoms in total. The molecule has 2 rings (SSSR count). The molecule has 1 aromatic carbocycles. The molecule has 0 radical (unpaired) electrons. The van der Waals surface area contributed by atoms with Crippen molar-refractivity contribution in [2.24, 2.45) is 5.73 Å². The van der Waals surface area contributed by atoms with Gasteiger partial charge < -0.3 is 5.73 Å². The molecule has 0 saturated heterocycles. The quantitative estimate of drug-likeness (QED) is 0.882. The van der Waals surface area contributed by atoms with Crippen LogP contribution in [0, 0.1) is 5.82 Å². The molecular weight excluding hydrogens is 326 g/mol. The monoisotopic (exact) mass is 342 g/mol. The lowest BCUT2D eigenvalue weighted by Crippen LogP contribution is -2.51. The molecule has 114 valence electrons. The smallest absolute Gasteiger partial charge is 0.244 e. The summed E-state index contributed by atoms with van der Waals surface area (Å²) in [6, 6.07) is 3.50. The molecule has 1 saturated carbocycles. The molecular formula is C12H17Cl2FN2O2S. The van der Waals surface area contributed by atoms with E-state index >= 15 is 0 Å². The predicted molar refractivity (Wildman–Crippen MR) is 79.2 cm³/mol. The van der Waals surface area contributed by atoms with Gasteiger partial charge in [0.2, 0.25) is 10.0 Å². The van der Waals surface area contributed by atoms with Crippen molar-refractivity contribution in [3.63, 3.8) is 0 Å². The molecule has 0 amide bonds. The first-order chi connectivity index (χ1) is 8.88. The summed E-state index contributed by atoms with van der Waals surface area (Å²) in [6.07, 6.45) is 3.20. The van der Waals surface area contributed by atoms with E-state index in [1.807, 2.05) is 0 Å². The largest absolute Gasteiger partial charge is 0.329 e. The molecule has 0 heterocycles. The van der Waals surface area contributed by atoms with Gasteiger partial charge in [0, 0.05) is 17.1 Å². The highest BCUT2D eigenvalue weighted by Gasteiger charge is 2.37. The number of nitrogens with two attached hydrogens (primary N) is 1. The number of rotatable bonds is 4. The van der Waals surface area contributed by atoms with Crippen LogP contribution >= 0.6 is 24.0 Å². The normalized spacial score (nSPS) is 17.8. The van der Waals surface area contributed by atoms with Crippen LogP contribution in [0.3, 0.4) is 0 Å². The van der Waals surface area contributed by atoms with E-state index < -0.39 is 26.3 Å². The molecule has 0 bridgehead atoms. The highest BCUT2D eigenvalue weighted by atomic mass is 35.5. The molecule has 0 unspecified atom stereocenters. The first-order valence-corrected chi connectivity index (χ1v) is 7.94. The summed E-state index contributed by atoms with van der Waals surface area (Å²) >= 11 is 5.62. The fourth-order valence-electron chi connectivity index (χ4n) is 2.43. The van der Waals surface area contributed by atoms with Crippen molar-refractivity contribution in [2.45, 2.75) is 36.1 Å². The number of hydrogen-bond acceptors (Lipinski definition) is 3. The Kier molecular flexibility index (Phi) is 5.80. The van der Waals surface area contributed by atoms with Gasteiger partial charge in [-0.15, -0.1) is 12.4 Å². The van der Waals surface area contributed by atoms with E-state index in [1.165, 1.54) is 12.1 Å². The third-order valence-electron chi connectivity index (χ3n) is 3.49. The number of hydrogen-bond donors (Lipinski definition) is 2. The van der Waals surface area contributed by atoms with Crippen LogP contribution < -0.4 is 10.5 Å². The standard InChI is InChI=1S/C12H16ClFN2O2S.ClH/c13-9-3-4-11(10(14)7-9)19(17,18)16-12(8-15)5-1-2-6-12;/h3-4,7,16H,1-2,5-6,8,15H2;1H. The average Bonchev–Trinajstić information content (AvgIpc) is 2.77. The minimum atomic E-state index is -3.93. The van der Waals surface area contributed by atoms with E-state index in [0.29, 0.717) is 12.8 Å². The van der Waals surface area contributed by atoms with Crippen LogP contribution in [0.1, 0.15) is 25.7 Å². The number of nitrogens with one attached hydrogen (secondary N) is 1. The minimum absolute atomic E-state index is 0. The van der Waals surface area contributed by atoms with Gasteiger partial charge in [0.1, 0.15) is 10.7 Å². The Labute approximate surface area is 129 Å². The van der Waals surface area contributed by atoms with E-state index in [-0.39, 0.29) is 24.0 Å². The second-order valence-corrected chi connectivity index (χ2v) is 6.96. The van der Waals surface area contributed by atoms with Crippen molar-refractivity contribution in [3.8, 4) is 0 Å². The Hall–Kier alpha value is -0.400. The van der Waals surface area contributed by atoms with Crippen molar-refractivity contribution in [3.05, 3.63) is 29.0 Å². The number of halogens is 3. The Bertz CT molecular complexity index is 575. The maximum atomic E-state index is 13.7. The van der Waals surface area contributed by atoms with Gasteiger partial charge in [0.15, 0.2) is 0 Å². The van der Waals surface area contributed by atoms with Gasteiger partial charge in [0.05, 0.1) is 0 Å². The number of sulfonamides is 1. The molecule has 0 spiro atoms. The van der Waals surface area contributed by atoms with Crippen molar-refractivity contribution < 1.29 is 12.8 Å². The Morgan fingerprint density at radius 3 is 2.45 bits per heavy atom. The molecule has 8 heteroatoms. The summed E-state index contributed by atoms with van der Waals surface area (Å²) < 4.78 is 40.7. The SMILES string of the molecule is Cl.NCC1(NS(=O)(=O)c2ccc(Cl)cc2F)CCCC1. The first kappa shape index (κ1) is 17.7. The van der Waals surface area contributed by atoms with Gasteiger partial charge in [-0.25, -0.2) is 17.5 Å². The molecule has 1 aliphatic rings. The summed E-state index contributed by atoms with van der Waals surface area (Å²) in [4.78, 5) is -0.392. The van der Waals surface area contributed by atoms with Crippen LogP contribution in [-0.2, 0) is 10.0 Å². The molecule has 1 fully saturated rings. The summed E-state index contributed by atoms with van der Waals surface area (Å²) in [5, 5.41) is 0.158. The summed E-state index contributed by atoms with van der Waals surface area (Å²) in [5.74, 6) is -0.856. The van der Waals surface area contributed by atoms with Crippen LogP contribution in [0.25, 0.3) is 0 Å². The predicted octanol–water partition coefficient (Wildman–Crippen LogP) is 2.45. The Morgan fingerprint density at radius 2 is 1.95 bits per heavy atom. The van der Waals surface area contributed by atoms with Crippen molar-refractivity contribution >= 4 is 34.0 Å². The zero-order valence-corrected chi connectivity index (χ0v) is 13.1. The summed E-state index contributed by atoms with van der Waals surface area (Å²) in [5.41, 5.74) is 5.03. The lowest BCUT2D eigenvalue weighted by Gasteiger charge is -2.28. The third kappa shape index (κ3) is 3.62. The van der Waals surface area contributed by atoms with Gasteiger partial charge in [-0.3, -0.25) is 0 Å². The maximum Gasteiger partial charge on any atom is 0.244 e. The van der Waals surface area contributed by atoms with Gasteiger partial charge >= 0.3 is 0 Å². The van der Waals surface area contributed by atoms with Gasteiger partial charge in [-0.2, -0.15) is 0 Å². The second kappa shape index (κ2) is 6.58. The third-order valence-corrected chi connectivity index (χ3v) is 5.33. The van der Waals surface area contributed by atoms with E-state index in [2.05, 4.69) is 4.72 Å². The highest BCUT2D eigenvalue weighted by Crippen LogP contribution is 2.31. The van der Waals surface area contributed by atoms with E-state index in [9.17, 15) is 12.8 Å². The molecule has 0 aromatic heterocycles. The van der Waals surface area contributed by atoms with Crippen molar-refractivity contribution in [1.82, 2.24) is 4.72 Å². The average molecular weight is 343 g/mol. The fraction of sp³-hybridized carbons (Fsp3) is 0.500. The molecule has 0 atom stereocenters. The highest BCUT2D eigenvalue weighted by molar-refractivity contribution is 7.89. The molecule has 20 heavy (non-hydrogen) atoms. The molecule has 1 aliphatic carbocycles. The fourth-order valence-corrected chi connectivity index (χ4v) is 4.12. The van der Waals surface area contributed by atoms with Crippen LogP contribution in [0.4, 0.5) is 4.39 Å². The van der Waals surface area contributed by atoms with E-state index in [0.717, 1.165) is 18.9 Å². The summed E-state index contributed by atoms with van der Waals surface area (Å²) in [7, 11) is -3.93. The topological polar surface area (TPSA) is 72.2 Å². The van der Waals surface area contributed by atoms with Crippen molar-refractivity contribution in [1.29, 1.82) is 0 Å². The molecule has 1 aromatic rings. The maximum absolute atomic E-state index is 13.7. The van der Waals surface area contributed by atoms with Crippen LogP contribution in [-0.4, -0.2) is 20.5 Å². The Balaban J connectivity index is 0.00000200. The van der Waals surface area contributed by atoms with Crippen molar-refractivity contribution in [2.75, 3.05) is 6.54 Å². The van der Waals surface area contributed by atoms with Crippen LogP contribution in [0.15, 0.2) is 23.1 Å². The zero-order valence-electron chi connectivity index (χ0n) is 10.7. The zero-order chi connectivity index (χ0) is 14.1. The number of benzene rings is 1. The van der Waals surface area contributed by atoms with Crippen LogP contribution in [0.2, 0.25) is 5.02 Å². The molecule has 0 aliphatic heterocycles. The van der Waals surface area contributed by atoms with E-state index in [1.54, 1.807) is 0 Å². The van der Waals surface area contributed by atoms with Gasteiger partial charge in [-0.1, -0.05) is 24.4 Å².